The summed E-state index contributed by atoms with van der Waals surface area (Å²) in [5.41, 5.74) is 5.42. The molecule has 1 aromatic heterocycles. The molecule has 2 aromatic rings. The van der Waals surface area contributed by atoms with Gasteiger partial charge in [0.25, 0.3) is 0 Å². The van der Waals surface area contributed by atoms with E-state index in [0.717, 1.165) is 0 Å². The van der Waals surface area contributed by atoms with Crippen LogP contribution in [0, 0.1) is 0 Å². The predicted molar refractivity (Wildman–Crippen MR) is 80.4 cm³/mol. The van der Waals surface area contributed by atoms with Crippen LogP contribution in [0.2, 0.25) is 0 Å². The number of benzene rings is 1. The number of carboxylic acids is 1. The van der Waals surface area contributed by atoms with Gasteiger partial charge in [-0.05, 0) is 13.8 Å². The van der Waals surface area contributed by atoms with Gasteiger partial charge in [-0.3, -0.25) is 4.79 Å². The van der Waals surface area contributed by atoms with Crippen LogP contribution in [0.4, 0.5) is 5.82 Å². The first-order valence-electron chi connectivity index (χ1n) is 6.57. The van der Waals surface area contributed by atoms with E-state index < -0.39 is 11.9 Å². The van der Waals surface area contributed by atoms with Crippen molar-refractivity contribution in [2.24, 2.45) is 5.73 Å². The number of nitrogens with zero attached hydrogens (tertiary/aromatic N) is 2. The lowest BCUT2D eigenvalue weighted by Gasteiger charge is -2.27. The van der Waals surface area contributed by atoms with E-state index in [4.69, 9.17) is 5.73 Å². The van der Waals surface area contributed by atoms with E-state index in [-0.39, 0.29) is 18.2 Å². The molecule has 0 aliphatic heterocycles. The third-order valence-corrected chi connectivity index (χ3v) is 3.23. The molecule has 1 amide bonds. The molecular formula is C15H17N3O3. The van der Waals surface area contributed by atoms with Crippen LogP contribution in [0.1, 0.15) is 24.2 Å². The molecular weight excluding hydrogens is 270 g/mol. The molecule has 1 heterocycles. The lowest BCUT2D eigenvalue weighted by Crippen LogP contribution is -2.39. The topological polar surface area (TPSA) is 96.5 Å². The Labute approximate surface area is 122 Å². The summed E-state index contributed by atoms with van der Waals surface area (Å²) in [6.07, 6.45) is 1.32. The Morgan fingerprint density at radius 3 is 2.43 bits per heavy atom. The average Bonchev–Trinajstić information content (AvgIpc) is 2.43. The molecule has 0 aliphatic carbocycles. The highest BCUT2D eigenvalue weighted by molar-refractivity contribution is 6.06. The molecule has 0 spiro atoms. The Balaban J connectivity index is 2.66. The first-order chi connectivity index (χ1) is 9.91. The van der Waals surface area contributed by atoms with Crippen molar-refractivity contribution in [1.29, 1.82) is 0 Å². The molecule has 0 fully saturated rings. The highest BCUT2D eigenvalue weighted by Crippen LogP contribution is 2.28. The number of pyridine rings is 1. The maximum absolute atomic E-state index is 11.3. The fourth-order valence-electron chi connectivity index (χ4n) is 2.25. The number of carbonyl (C=O) groups is 2. The van der Waals surface area contributed by atoms with Gasteiger partial charge < -0.3 is 15.7 Å². The first kappa shape index (κ1) is 14.8. The highest BCUT2D eigenvalue weighted by atomic mass is 16.4. The maximum Gasteiger partial charge on any atom is 0.337 e. The molecule has 110 valence electrons. The second-order valence-corrected chi connectivity index (χ2v) is 5.03. The van der Waals surface area contributed by atoms with E-state index in [1.54, 1.807) is 23.1 Å². The Morgan fingerprint density at radius 1 is 1.29 bits per heavy atom. The van der Waals surface area contributed by atoms with Gasteiger partial charge in [0, 0.05) is 23.0 Å². The van der Waals surface area contributed by atoms with Gasteiger partial charge in [-0.25, -0.2) is 9.78 Å². The van der Waals surface area contributed by atoms with Gasteiger partial charge in [0.05, 0.1) is 12.1 Å². The molecule has 0 atom stereocenters. The minimum atomic E-state index is -1.03. The number of carboxylic acid groups (broad SMARTS) is 1. The average molecular weight is 287 g/mol. The molecule has 0 saturated heterocycles. The number of aromatic carboxylic acids is 1. The molecule has 0 bridgehead atoms. The normalized spacial score (nSPS) is 10.8. The largest absolute Gasteiger partial charge is 0.478 e. The fraction of sp³-hybridized carbons (Fsp3) is 0.267. The number of carbonyl (C=O) groups excluding carboxylic acids is 1. The standard InChI is InChI=1S/C15H17N3O3/c1-9(2)18(8-13(16)19)14-11-6-4-3-5-10(11)12(7-17-14)15(20)21/h3-7,9H,8H2,1-2H3,(H2,16,19)(H,20,21). The second kappa shape index (κ2) is 5.78. The number of hydrogen-bond acceptors (Lipinski definition) is 4. The minimum Gasteiger partial charge on any atom is -0.478 e. The summed E-state index contributed by atoms with van der Waals surface area (Å²) in [6, 6.07) is 7.10. The molecule has 6 nitrogen and oxygen atoms in total. The number of hydrogen-bond donors (Lipinski definition) is 2. The minimum absolute atomic E-state index is 0.00378. The van der Waals surface area contributed by atoms with E-state index in [1.807, 2.05) is 19.9 Å². The summed E-state index contributed by atoms with van der Waals surface area (Å²) < 4.78 is 0. The molecule has 3 N–H and O–H groups in total. The quantitative estimate of drug-likeness (QED) is 0.871. The van der Waals surface area contributed by atoms with Crippen LogP contribution in [0.15, 0.2) is 30.5 Å². The molecule has 0 saturated carbocycles. The summed E-state index contributed by atoms with van der Waals surface area (Å²) in [6.45, 7) is 3.87. The van der Waals surface area contributed by atoms with Gasteiger partial charge in [0.2, 0.25) is 5.91 Å². The number of rotatable bonds is 5. The number of nitrogens with two attached hydrogens (primary N) is 1. The predicted octanol–water partition coefficient (Wildman–Crippen LogP) is 1.63. The number of amides is 1. The molecule has 6 heteroatoms. The summed E-state index contributed by atoms with van der Waals surface area (Å²) in [5, 5.41) is 10.5. The Kier molecular flexibility index (Phi) is 4.07. The van der Waals surface area contributed by atoms with Gasteiger partial charge in [-0.2, -0.15) is 0 Å². The van der Waals surface area contributed by atoms with Crippen molar-refractivity contribution in [2.75, 3.05) is 11.4 Å². The van der Waals surface area contributed by atoms with Crippen molar-refractivity contribution in [1.82, 2.24) is 4.98 Å². The van der Waals surface area contributed by atoms with Gasteiger partial charge in [0.15, 0.2) is 0 Å². The zero-order chi connectivity index (χ0) is 15.6. The van der Waals surface area contributed by atoms with Crippen molar-refractivity contribution in [3.63, 3.8) is 0 Å². The van der Waals surface area contributed by atoms with Crippen LogP contribution in [-0.2, 0) is 4.79 Å². The van der Waals surface area contributed by atoms with E-state index in [2.05, 4.69) is 4.98 Å². The zero-order valence-electron chi connectivity index (χ0n) is 11.9. The molecule has 0 unspecified atom stereocenters. The van der Waals surface area contributed by atoms with E-state index >= 15 is 0 Å². The fourth-order valence-corrected chi connectivity index (χ4v) is 2.25. The lowest BCUT2D eigenvalue weighted by atomic mass is 10.1. The summed E-state index contributed by atoms with van der Waals surface area (Å²) >= 11 is 0. The number of fused-ring (bicyclic) bond motifs is 1. The third kappa shape index (κ3) is 2.94. The number of anilines is 1. The van der Waals surface area contributed by atoms with Gasteiger partial charge in [-0.1, -0.05) is 24.3 Å². The maximum atomic E-state index is 11.3. The van der Waals surface area contributed by atoms with E-state index in [9.17, 15) is 14.7 Å². The number of primary amides is 1. The molecule has 0 radical (unpaired) electrons. The third-order valence-electron chi connectivity index (χ3n) is 3.23. The Morgan fingerprint density at radius 2 is 1.90 bits per heavy atom. The Hall–Kier alpha value is -2.63. The SMILES string of the molecule is CC(C)N(CC(N)=O)c1ncc(C(=O)O)c2ccccc12. The Bertz CT molecular complexity index is 698. The first-order valence-corrected chi connectivity index (χ1v) is 6.57. The van der Waals surface area contributed by atoms with Gasteiger partial charge in [0.1, 0.15) is 5.82 Å². The lowest BCUT2D eigenvalue weighted by molar-refractivity contribution is -0.116. The summed E-state index contributed by atoms with van der Waals surface area (Å²) in [4.78, 5) is 28.5. The summed E-state index contributed by atoms with van der Waals surface area (Å²) in [5.74, 6) is -0.933. The smallest absolute Gasteiger partial charge is 0.337 e. The van der Waals surface area contributed by atoms with Crippen LogP contribution >= 0.6 is 0 Å². The van der Waals surface area contributed by atoms with Crippen molar-refractivity contribution < 1.29 is 14.7 Å². The van der Waals surface area contributed by atoms with Crippen LogP contribution < -0.4 is 10.6 Å². The van der Waals surface area contributed by atoms with Gasteiger partial charge in [-0.15, -0.1) is 0 Å². The monoisotopic (exact) mass is 287 g/mol. The van der Waals surface area contributed by atoms with Crippen LogP contribution in [0.5, 0.6) is 0 Å². The summed E-state index contributed by atoms with van der Waals surface area (Å²) in [7, 11) is 0. The molecule has 2 rings (SSSR count). The zero-order valence-corrected chi connectivity index (χ0v) is 11.9. The van der Waals surface area contributed by atoms with Crippen LogP contribution in [0.25, 0.3) is 10.8 Å². The molecule has 21 heavy (non-hydrogen) atoms. The van der Waals surface area contributed by atoms with Crippen molar-refractivity contribution in [2.45, 2.75) is 19.9 Å². The van der Waals surface area contributed by atoms with Crippen LogP contribution in [0.3, 0.4) is 0 Å². The van der Waals surface area contributed by atoms with Crippen LogP contribution in [-0.4, -0.2) is 34.6 Å². The van der Waals surface area contributed by atoms with Gasteiger partial charge >= 0.3 is 5.97 Å². The van der Waals surface area contributed by atoms with E-state index in [0.29, 0.717) is 16.6 Å². The number of aromatic nitrogens is 1. The van der Waals surface area contributed by atoms with Crippen molar-refractivity contribution in [3.8, 4) is 0 Å². The highest BCUT2D eigenvalue weighted by Gasteiger charge is 2.19. The van der Waals surface area contributed by atoms with Crippen molar-refractivity contribution >= 4 is 28.5 Å². The second-order valence-electron chi connectivity index (χ2n) is 5.03. The van der Waals surface area contributed by atoms with Crippen molar-refractivity contribution in [3.05, 3.63) is 36.0 Å². The molecule has 1 aromatic carbocycles. The molecule has 0 aliphatic rings. The van der Waals surface area contributed by atoms with E-state index in [1.165, 1.54) is 6.20 Å².